The highest BCUT2D eigenvalue weighted by Gasteiger charge is 2.17. The number of ether oxygens (including phenoxy) is 2. The maximum absolute atomic E-state index is 11.6. The maximum Gasteiger partial charge on any atom is 0.322 e. The third kappa shape index (κ3) is 5.30. The Morgan fingerprint density at radius 2 is 2.11 bits per heavy atom. The average molecular weight is 265 g/mol. The molecule has 1 aromatic rings. The third-order valence-corrected chi connectivity index (χ3v) is 2.88. The van der Waals surface area contributed by atoms with E-state index in [0.29, 0.717) is 13.0 Å². The van der Waals surface area contributed by atoms with E-state index in [2.05, 4.69) is 12.2 Å². The van der Waals surface area contributed by atoms with Crippen LogP contribution in [0.4, 0.5) is 0 Å². The molecule has 1 N–H and O–H groups in total. The van der Waals surface area contributed by atoms with E-state index in [4.69, 9.17) is 9.47 Å². The van der Waals surface area contributed by atoms with Gasteiger partial charge in [0.2, 0.25) is 0 Å². The summed E-state index contributed by atoms with van der Waals surface area (Å²) in [6.07, 6.45) is 1.58. The summed E-state index contributed by atoms with van der Waals surface area (Å²) in [7, 11) is 1.41. The van der Waals surface area contributed by atoms with Crippen LogP contribution >= 0.6 is 0 Å². The number of hydrogen-bond acceptors (Lipinski definition) is 4. The highest BCUT2D eigenvalue weighted by molar-refractivity contribution is 5.75. The summed E-state index contributed by atoms with van der Waals surface area (Å²) in [5, 5.41) is 3.17. The fraction of sp³-hybridized carbons (Fsp3) is 0.533. The molecule has 0 aliphatic rings. The zero-order chi connectivity index (χ0) is 14.1. The quantitative estimate of drug-likeness (QED) is 0.733. The van der Waals surface area contributed by atoms with Crippen molar-refractivity contribution in [3.63, 3.8) is 0 Å². The summed E-state index contributed by atoms with van der Waals surface area (Å²) in [4.78, 5) is 11.6. The minimum absolute atomic E-state index is 0.234. The summed E-state index contributed by atoms with van der Waals surface area (Å²) >= 11 is 0. The van der Waals surface area contributed by atoms with Gasteiger partial charge in [-0.25, -0.2) is 0 Å². The Kier molecular flexibility index (Phi) is 6.97. The molecular formula is C15H23NO3. The van der Waals surface area contributed by atoms with E-state index in [-0.39, 0.29) is 12.0 Å². The number of rotatable bonds is 8. The second kappa shape index (κ2) is 8.53. The van der Waals surface area contributed by atoms with Crippen LogP contribution in [0, 0.1) is 6.92 Å². The Bertz CT molecular complexity index is 393. The van der Waals surface area contributed by atoms with Gasteiger partial charge in [-0.2, -0.15) is 0 Å². The first kappa shape index (κ1) is 15.5. The molecule has 0 spiro atoms. The molecule has 0 radical (unpaired) electrons. The average Bonchev–Trinajstić information content (AvgIpc) is 2.43. The molecule has 1 unspecified atom stereocenters. The van der Waals surface area contributed by atoms with Gasteiger partial charge < -0.3 is 14.8 Å². The first-order chi connectivity index (χ1) is 9.19. The fourth-order valence-corrected chi connectivity index (χ4v) is 1.77. The van der Waals surface area contributed by atoms with Crippen LogP contribution in [-0.4, -0.2) is 32.3 Å². The van der Waals surface area contributed by atoms with E-state index in [1.54, 1.807) is 0 Å². The molecule has 106 valence electrons. The second-order valence-electron chi connectivity index (χ2n) is 4.43. The van der Waals surface area contributed by atoms with Crippen LogP contribution in [0.3, 0.4) is 0 Å². The molecule has 4 heteroatoms. The van der Waals surface area contributed by atoms with Gasteiger partial charge in [0, 0.05) is 6.42 Å². The van der Waals surface area contributed by atoms with Crippen LogP contribution in [0.2, 0.25) is 0 Å². The zero-order valence-corrected chi connectivity index (χ0v) is 11.9. The lowest BCUT2D eigenvalue weighted by atomic mass is 10.2. The topological polar surface area (TPSA) is 47.6 Å². The molecule has 1 atom stereocenters. The predicted octanol–water partition coefficient (Wildman–Crippen LogP) is 2.31. The summed E-state index contributed by atoms with van der Waals surface area (Å²) in [5.74, 6) is 0.628. The minimum atomic E-state index is -0.297. The third-order valence-electron chi connectivity index (χ3n) is 2.88. The van der Waals surface area contributed by atoms with Gasteiger partial charge in [0.1, 0.15) is 11.8 Å². The Labute approximate surface area is 115 Å². The molecule has 0 bridgehead atoms. The number of aryl methyl sites for hydroxylation is 1. The smallest absolute Gasteiger partial charge is 0.322 e. The molecule has 1 rings (SSSR count). The molecule has 0 aliphatic carbocycles. The van der Waals surface area contributed by atoms with Crippen LogP contribution in [0.5, 0.6) is 5.75 Å². The van der Waals surface area contributed by atoms with E-state index < -0.39 is 0 Å². The largest absolute Gasteiger partial charge is 0.493 e. The monoisotopic (exact) mass is 265 g/mol. The fourth-order valence-electron chi connectivity index (χ4n) is 1.77. The van der Waals surface area contributed by atoms with Crippen molar-refractivity contribution in [3.8, 4) is 5.75 Å². The first-order valence-electron chi connectivity index (χ1n) is 6.68. The van der Waals surface area contributed by atoms with Crippen LogP contribution in [-0.2, 0) is 9.53 Å². The molecule has 0 aliphatic heterocycles. The Balaban J connectivity index is 2.43. The van der Waals surface area contributed by atoms with Gasteiger partial charge in [0.25, 0.3) is 0 Å². The number of para-hydroxylation sites is 1. The molecule has 0 aromatic heterocycles. The van der Waals surface area contributed by atoms with Crippen LogP contribution in [0.25, 0.3) is 0 Å². The van der Waals surface area contributed by atoms with E-state index in [1.807, 2.05) is 31.2 Å². The number of carbonyl (C=O) groups is 1. The van der Waals surface area contributed by atoms with Crippen LogP contribution in [0.15, 0.2) is 24.3 Å². The van der Waals surface area contributed by atoms with Crippen molar-refractivity contribution < 1.29 is 14.3 Å². The van der Waals surface area contributed by atoms with Crippen molar-refractivity contribution in [2.75, 3.05) is 20.3 Å². The van der Waals surface area contributed by atoms with Crippen molar-refractivity contribution in [2.45, 2.75) is 32.7 Å². The van der Waals surface area contributed by atoms with Gasteiger partial charge in [-0.3, -0.25) is 4.79 Å². The van der Waals surface area contributed by atoms with Crippen LogP contribution in [0.1, 0.15) is 25.3 Å². The van der Waals surface area contributed by atoms with Gasteiger partial charge in [-0.1, -0.05) is 25.1 Å². The van der Waals surface area contributed by atoms with Crippen molar-refractivity contribution in [1.82, 2.24) is 5.32 Å². The number of hydrogen-bond donors (Lipinski definition) is 1. The Morgan fingerprint density at radius 3 is 2.74 bits per heavy atom. The normalized spacial score (nSPS) is 11.9. The molecule has 4 nitrogen and oxygen atoms in total. The van der Waals surface area contributed by atoms with Crippen molar-refractivity contribution in [3.05, 3.63) is 29.8 Å². The SMILES string of the molecule is CCCNC(CCOc1ccccc1C)C(=O)OC. The number of nitrogens with one attached hydrogen (secondary N) is 1. The van der Waals surface area contributed by atoms with Gasteiger partial charge in [-0.15, -0.1) is 0 Å². The second-order valence-corrected chi connectivity index (χ2v) is 4.43. The highest BCUT2D eigenvalue weighted by atomic mass is 16.5. The predicted molar refractivity (Wildman–Crippen MR) is 75.4 cm³/mol. The molecule has 19 heavy (non-hydrogen) atoms. The summed E-state index contributed by atoms with van der Waals surface area (Å²) in [5.41, 5.74) is 1.10. The number of methoxy groups -OCH3 is 1. The van der Waals surface area contributed by atoms with Crippen LogP contribution < -0.4 is 10.1 Å². The van der Waals surface area contributed by atoms with Gasteiger partial charge in [0.15, 0.2) is 0 Å². The molecule has 1 aromatic carbocycles. The van der Waals surface area contributed by atoms with E-state index in [0.717, 1.165) is 24.3 Å². The zero-order valence-electron chi connectivity index (χ0n) is 11.9. The minimum Gasteiger partial charge on any atom is -0.493 e. The first-order valence-corrected chi connectivity index (χ1v) is 6.68. The number of benzene rings is 1. The van der Waals surface area contributed by atoms with E-state index in [1.165, 1.54) is 7.11 Å². The molecule has 0 saturated heterocycles. The van der Waals surface area contributed by atoms with Gasteiger partial charge >= 0.3 is 5.97 Å². The van der Waals surface area contributed by atoms with Gasteiger partial charge in [0.05, 0.1) is 13.7 Å². The molecule has 0 saturated carbocycles. The summed E-state index contributed by atoms with van der Waals surface area (Å²) in [6, 6.07) is 7.55. The summed E-state index contributed by atoms with van der Waals surface area (Å²) in [6.45, 7) is 5.35. The highest BCUT2D eigenvalue weighted by Crippen LogP contribution is 2.16. The lowest BCUT2D eigenvalue weighted by molar-refractivity contribution is -0.143. The Morgan fingerprint density at radius 1 is 1.37 bits per heavy atom. The van der Waals surface area contributed by atoms with E-state index >= 15 is 0 Å². The van der Waals surface area contributed by atoms with Crippen molar-refractivity contribution in [2.24, 2.45) is 0 Å². The number of carbonyl (C=O) groups excluding carboxylic acids is 1. The lowest BCUT2D eigenvalue weighted by Crippen LogP contribution is -2.39. The maximum atomic E-state index is 11.6. The summed E-state index contributed by atoms with van der Waals surface area (Å²) < 4.78 is 10.5. The molecule has 0 fully saturated rings. The molecular weight excluding hydrogens is 242 g/mol. The molecule has 0 heterocycles. The number of esters is 1. The molecule has 0 amide bonds. The van der Waals surface area contributed by atoms with E-state index in [9.17, 15) is 4.79 Å². The Hall–Kier alpha value is -1.55. The lowest BCUT2D eigenvalue weighted by Gasteiger charge is -2.16. The standard InChI is InChI=1S/C15H23NO3/c1-4-10-16-13(15(17)18-3)9-11-19-14-8-6-5-7-12(14)2/h5-8,13,16H,4,9-11H2,1-3H3. The van der Waals surface area contributed by atoms with Crippen molar-refractivity contribution in [1.29, 1.82) is 0 Å². The van der Waals surface area contributed by atoms with Crippen molar-refractivity contribution >= 4 is 5.97 Å². The van der Waals surface area contributed by atoms with Gasteiger partial charge in [-0.05, 0) is 31.5 Å².